The zero-order valence-corrected chi connectivity index (χ0v) is 14.8. The molecular weight excluding hydrogens is 325 g/mol. The monoisotopic (exact) mass is 351 g/mol. The highest BCUT2D eigenvalue weighted by atomic mass is 19.1. The molecule has 2 atom stereocenters. The van der Waals surface area contributed by atoms with Gasteiger partial charge >= 0.3 is 6.03 Å². The lowest BCUT2D eigenvalue weighted by Gasteiger charge is -2.32. The molecule has 1 aromatic rings. The standard InChI is InChI=1S/C18H26FN3O3/c1-3-20-17(23)14-5-4-10-22(11-14)18(24)21-13(2)12-25-16-8-6-15(19)7-9-16/h6-9,13-14H,3-5,10-12H2,1-2H3,(H,20,23)(H,21,24). The Balaban J connectivity index is 1.77. The first-order valence-electron chi connectivity index (χ1n) is 8.71. The fourth-order valence-electron chi connectivity index (χ4n) is 2.79. The van der Waals surface area contributed by atoms with Gasteiger partial charge in [0.2, 0.25) is 5.91 Å². The molecule has 25 heavy (non-hydrogen) atoms. The van der Waals surface area contributed by atoms with Crippen LogP contribution in [0.3, 0.4) is 0 Å². The maximum absolute atomic E-state index is 12.9. The van der Waals surface area contributed by atoms with Gasteiger partial charge in [-0.3, -0.25) is 4.79 Å². The molecule has 0 spiro atoms. The third kappa shape index (κ3) is 5.92. The van der Waals surface area contributed by atoms with Crippen LogP contribution in [0.15, 0.2) is 24.3 Å². The molecule has 0 aliphatic carbocycles. The summed E-state index contributed by atoms with van der Waals surface area (Å²) >= 11 is 0. The highest BCUT2D eigenvalue weighted by Gasteiger charge is 2.28. The number of halogens is 1. The normalized spacial score (nSPS) is 18.4. The summed E-state index contributed by atoms with van der Waals surface area (Å²) in [6, 6.07) is 5.35. The second kappa shape index (κ2) is 9.25. The summed E-state index contributed by atoms with van der Waals surface area (Å²) in [5, 5.41) is 5.69. The van der Waals surface area contributed by atoms with E-state index < -0.39 is 0 Å². The minimum Gasteiger partial charge on any atom is -0.491 e. The topological polar surface area (TPSA) is 70.7 Å². The number of rotatable bonds is 6. The van der Waals surface area contributed by atoms with E-state index >= 15 is 0 Å². The third-order valence-electron chi connectivity index (χ3n) is 4.11. The summed E-state index contributed by atoms with van der Waals surface area (Å²) in [6.45, 7) is 5.68. The highest BCUT2D eigenvalue weighted by molar-refractivity contribution is 5.80. The highest BCUT2D eigenvalue weighted by Crippen LogP contribution is 2.17. The molecule has 138 valence electrons. The van der Waals surface area contributed by atoms with Gasteiger partial charge in [0.15, 0.2) is 0 Å². The Hall–Kier alpha value is -2.31. The summed E-state index contributed by atoms with van der Waals surface area (Å²) in [5.74, 6) is 0.0927. The van der Waals surface area contributed by atoms with E-state index in [1.165, 1.54) is 12.1 Å². The van der Waals surface area contributed by atoms with Crippen LogP contribution >= 0.6 is 0 Å². The zero-order chi connectivity index (χ0) is 18.2. The van der Waals surface area contributed by atoms with E-state index in [-0.39, 0.29) is 36.3 Å². The van der Waals surface area contributed by atoms with Crippen molar-refractivity contribution < 1.29 is 18.7 Å². The number of nitrogens with one attached hydrogen (secondary N) is 2. The average molecular weight is 351 g/mol. The maximum Gasteiger partial charge on any atom is 0.317 e. The zero-order valence-electron chi connectivity index (χ0n) is 14.8. The second-order valence-electron chi connectivity index (χ2n) is 6.30. The van der Waals surface area contributed by atoms with Crippen molar-refractivity contribution in [2.24, 2.45) is 5.92 Å². The average Bonchev–Trinajstić information content (AvgIpc) is 2.61. The lowest BCUT2D eigenvalue weighted by atomic mass is 9.97. The van der Waals surface area contributed by atoms with Crippen LogP contribution in [0.2, 0.25) is 0 Å². The molecule has 6 nitrogen and oxygen atoms in total. The number of likely N-dealkylation sites (tertiary alicyclic amines) is 1. The minimum absolute atomic E-state index is 0.00712. The molecule has 3 amide bonds. The molecule has 2 unspecified atom stereocenters. The number of benzene rings is 1. The smallest absolute Gasteiger partial charge is 0.317 e. The number of amides is 3. The molecule has 1 heterocycles. The van der Waals surface area contributed by atoms with Gasteiger partial charge in [0, 0.05) is 19.6 Å². The van der Waals surface area contributed by atoms with E-state index in [4.69, 9.17) is 4.74 Å². The van der Waals surface area contributed by atoms with Crippen LogP contribution in [0, 0.1) is 11.7 Å². The number of nitrogens with zero attached hydrogens (tertiary/aromatic N) is 1. The Morgan fingerprint density at radius 3 is 2.76 bits per heavy atom. The molecule has 0 saturated carbocycles. The van der Waals surface area contributed by atoms with E-state index in [0.29, 0.717) is 25.4 Å². The van der Waals surface area contributed by atoms with Crippen LogP contribution in [-0.2, 0) is 4.79 Å². The number of piperidine rings is 1. The van der Waals surface area contributed by atoms with Gasteiger partial charge in [0.05, 0.1) is 12.0 Å². The molecule has 1 aliphatic heterocycles. The molecule has 1 aromatic carbocycles. The quantitative estimate of drug-likeness (QED) is 0.825. The Morgan fingerprint density at radius 1 is 1.36 bits per heavy atom. The van der Waals surface area contributed by atoms with Gasteiger partial charge < -0.3 is 20.3 Å². The number of hydrogen-bond acceptors (Lipinski definition) is 3. The summed E-state index contributed by atoms with van der Waals surface area (Å²) < 4.78 is 18.4. The number of urea groups is 1. The lowest BCUT2D eigenvalue weighted by molar-refractivity contribution is -0.126. The summed E-state index contributed by atoms with van der Waals surface area (Å²) in [7, 11) is 0. The van der Waals surface area contributed by atoms with Crippen molar-refractivity contribution in [1.82, 2.24) is 15.5 Å². The van der Waals surface area contributed by atoms with E-state index in [1.807, 2.05) is 13.8 Å². The van der Waals surface area contributed by atoms with Crippen molar-refractivity contribution in [3.05, 3.63) is 30.1 Å². The molecule has 0 radical (unpaired) electrons. The van der Waals surface area contributed by atoms with Crippen LogP contribution < -0.4 is 15.4 Å². The van der Waals surface area contributed by atoms with E-state index in [0.717, 1.165) is 12.8 Å². The van der Waals surface area contributed by atoms with Gasteiger partial charge in [-0.15, -0.1) is 0 Å². The van der Waals surface area contributed by atoms with Crippen LogP contribution in [0.5, 0.6) is 5.75 Å². The SMILES string of the molecule is CCNC(=O)C1CCCN(C(=O)NC(C)COc2ccc(F)cc2)C1. The number of ether oxygens (including phenoxy) is 1. The molecule has 2 rings (SSSR count). The number of carbonyl (C=O) groups excluding carboxylic acids is 2. The van der Waals surface area contributed by atoms with Gasteiger partial charge in [-0.1, -0.05) is 0 Å². The van der Waals surface area contributed by atoms with Gasteiger partial charge in [-0.05, 0) is 51.0 Å². The van der Waals surface area contributed by atoms with Crippen molar-refractivity contribution in [1.29, 1.82) is 0 Å². The Labute approximate surface area is 147 Å². The molecule has 1 aliphatic rings. The van der Waals surface area contributed by atoms with Crippen molar-refractivity contribution in [3.63, 3.8) is 0 Å². The fourth-order valence-corrected chi connectivity index (χ4v) is 2.79. The first-order valence-corrected chi connectivity index (χ1v) is 8.71. The lowest BCUT2D eigenvalue weighted by Crippen LogP contribution is -2.51. The summed E-state index contributed by atoms with van der Waals surface area (Å²) in [6.07, 6.45) is 1.62. The van der Waals surface area contributed by atoms with Crippen molar-refractivity contribution in [2.45, 2.75) is 32.7 Å². The Kier molecular flexibility index (Phi) is 7.03. The predicted octanol–water partition coefficient (Wildman–Crippen LogP) is 2.15. The Bertz CT molecular complexity index is 579. The fraction of sp³-hybridized carbons (Fsp3) is 0.556. The summed E-state index contributed by atoms with van der Waals surface area (Å²) in [5.41, 5.74) is 0. The van der Waals surface area contributed by atoms with Gasteiger partial charge in [-0.2, -0.15) is 0 Å². The van der Waals surface area contributed by atoms with Crippen LogP contribution in [0.25, 0.3) is 0 Å². The molecular formula is C18H26FN3O3. The third-order valence-corrected chi connectivity index (χ3v) is 4.11. The predicted molar refractivity (Wildman–Crippen MR) is 92.9 cm³/mol. The van der Waals surface area contributed by atoms with Gasteiger partial charge in [-0.25, -0.2) is 9.18 Å². The number of carbonyl (C=O) groups is 2. The first kappa shape index (κ1) is 19.0. The second-order valence-corrected chi connectivity index (χ2v) is 6.30. The van der Waals surface area contributed by atoms with E-state index in [1.54, 1.807) is 17.0 Å². The van der Waals surface area contributed by atoms with Crippen molar-refractivity contribution in [2.75, 3.05) is 26.2 Å². The van der Waals surface area contributed by atoms with Crippen LogP contribution in [0.1, 0.15) is 26.7 Å². The van der Waals surface area contributed by atoms with Gasteiger partial charge in [0.1, 0.15) is 18.2 Å². The maximum atomic E-state index is 12.9. The molecule has 0 bridgehead atoms. The van der Waals surface area contributed by atoms with Crippen LogP contribution in [-0.4, -0.2) is 49.1 Å². The van der Waals surface area contributed by atoms with Crippen molar-refractivity contribution in [3.8, 4) is 5.75 Å². The Morgan fingerprint density at radius 2 is 2.08 bits per heavy atom. The molecule has 2 N–H and O–H groups in total. The number of hydrogen-bond donors (Lipinski definition) is 2. The van der Waals surface area contributed by atoms with E-state index in [9.17, 15) is 14.0 Å². The minimum atomic E-state index is -0.319. The van der Waals surface area contributed by atoms with Crippen LogP contribution in [0.4, 0.5) is 9.18 Å². The molecule has 1 saturated heterocycles. The first-order chi connectivity index (χ1) is 12.0. The summed E-state index contributed by atoms with van der Waals surface area (Å²) in [4.78, 5) is 26.0. The molecule has 0 aromatic heterocycles. The largest absolute Gasteiger partial charge is 0.491 e. The van der Waals surface area contributed by atoms with Crippen molar-refractivity contribution >= 4 is 11.9 Å². The van der Waals surface area contributed by atoms with E-state index in [2.05, 4.69) is 10.6 Å². The van der Waals surface area contributed by atoms with Gasteiger partial charge in [0.25, 0.3) is 0 Å². The molecule has 7 heteroatoms. The molecule has 1 fully saturated rings.